The molecular formula is C57H81N13O9S2. The molecule has 4 rings (SSSR count). The normalized spacial score (nSPS) is 12.4. The van der Waals surface area contributed by atoms with E-state index in [1.54, 1.807) is 55.0 Å². The van der Waals surface area contributed by atoms with Gasteiger partial charge < -0.3 is 81.1 Å². The average molecular weight is 1160 g/mol. The minimum atomic E-state index is -1.12. The molecule has 4 aromatic rings. The fourth-order valence-electron chi connectivity index (χ4n) is 8.51. The molecule has 24 heteroatoms. The smallest absolute Gasteiger partial charge is 0.255 e. The van der Waals surface area contributed by atoms with Crippen LogP contribution in [0.4, 0.5) is 22.7 Å². The standard InChI is InChI=1S/C57H81N13O9S2/c1-34(43(62)14-6-10-26-58)64-35-18-22-47(78-2)39(30-35)52(72)68-44(15-7-11-27-59)55(75)65-36-19-23-48(79-3)40(31-36)53(73)69-45(16-8-12-28-60)56(76)67-38-21-25-50(81-5)42(33-38)54(74)70-46(17-9-13-29-61)57(77)66-37-20-24-49(80-4)41(32-37)51(63)71/h18-25,30-33,43-46,64H,1,6-17,26-29,58-62H2,2-5H3,(H2,63,71)(H,65,75)(H,66,77)(H,67,76)(H,68,72)(H,69,73)(H,70,74)/t43-,44-,45-,46-/m0/s1. The third-order valence-corrected chi connectivity index (χ3v) is 14.6. The van der Waals surface area contributed by atoms with Crippen LogP contribution in [0.1, 0.15) is 118 Å². The Balaban J connectivity index is 1.55. The van der Waals surface area contributed by atoms with Crippen molar-refractivity contribution in [2.24, 2.45) is 34.4 Å². The molecular weight excluding hydrogens is 1070 g/mol. The maximum absolute atomic E-state index is 14.3. The van der Waals surface area contributed by atoms with Crippen LogP contribution < -0.4 is 81.1 Å². The third kappa shape index (κ3) is 20.7. The van der Waals surface area contributed by atoms with Gasteiger partial charge in [-0.3, -0.25) is 33.6 Å². The van der Waals surface area contributed by atoms with Crippen LogP contribution in [-0.4, -0.2) is 118 Å². The van der Waals surface area contributed by atoms with Crippen LogP contribution >= 0.6 is 23.5 Å². The number of carbonyl (C=O) groups excluding carboxylic acids is 7. The van der Waals surface area contributed by atoms with Gasteiger partial charge in [-0.2, -0.15) is 0 Å². The minimum absolute atomic E-state index is 0.0102. The number of methoxy groups -OCH3 is 2. The van der Waals surface area contributed by atoms with Crippen LogP contribution in [0.2, 0.25) is 0 Å². The summed E-state index contributed by atoms with van der Waals surface area (Å²) in [6, 6.07) is 15.4. The Labute approximate surface area is 482 Å². The summed E-state index contributed by atoms with van der Waals surface area (Å²) in [6.45, 7) is 5.71. The topological polar surface area (TPSA) is 378 Å². The highest BCUT2D eigenvalue weighted by Crippen LogP contribution is 2.29. The number of ether oxygens (including phenoxy) is 2. The van der Waals surface area contributed by atoms with Crippen molar-refractivity contribution in [2.75, 3.05) is 74.2 Å². The zero-order chi connectivity index (χ0) is 59.4. The van der Waals surface area contributed by atoms with Crippen LogP contribution in [0.5, 0.6) is 11.5 Å². The van der Waals surface area contributed by atoms with Gasteiger partial charge in [0, 0.05) is 44.3 Å². The Morgan fingerprint density at radius 3 is 1.15 bits per heavy atom. The van der Waals surface area contributed by atoms with E-state index in [2.05, 4.69) is 43.8 Å². The van der Waals surface area contributed by atoms with Gasteiger partial charge in [-0.15, -0.1) is 23.5 Å². The van der Waals surface area contributed by atoms with Gasteiger partial charge in [-0.05, 0) is 182 Å². The Bertz CT molecular complexity index is 2800. The zero-order valence-electron chi connectivity index (χ0n) is 46.7. The summed E-state index contributed by atoms with van der Waals surface area (Å²) in [5.74, 6) is -3.84. The molecule has 0 fully saturated rings. The molecule has 7 amide bonds. The summed E-state index contributed by atoms with van der Waals surface area (Å²) in [7, 11) is 2.80. The molecule has 0 aliphatic carbocycles. The summed E-state index contributed by atoms with van der Waals surface area (Å²) in [5, 5.41) is 20.2. The van der Waals surface area contributed by atoms with Crippen LogP contribution in [0, 0.1) is 0 Å². The van der Waals surface area contributed by atoms with E-state index in [-0.39, 0.29) is 70.4 Å². The molecule has 0 aromatic heterocycles. The van der Waals surface area contributed by atoms with E-state index in [0.717, 1.165) is 12.8 Å². The highest BCUT2D eigenvalue weighted by Gasteiger charge is 2.28. The van der Waals surface area contributed by atoms with Gasteiger partial charge in [-0.1, -0.05) is 13.0 Å². The Hall–Kier alpha value is -7.19. The van der Waals surface area contributed by atoms with Gasteiger partial charge in [0.05, 0.1) is 36.5 Å². The Kier molecular flexibility index (Phi) is 28.5. The van der Waals surface area contributed by atoms with Crippen LogP contribution in [-0.2, 0) is 14.4 Å². The molecule has 19 N–H and O–H groups in total. The van der Waals surface area contributed by atoms with Crippen molar-refractivity contribution in [3.63, 3.8) is 0 Å². The number of thioether (sulfide) groups is 2. The highest BCUT2D eigenvalue weighted by atomic mass is 32.2. The molecule has 0 saturated carbocycles. The fourth-order valence-corrected chi connectivity index (χ4v) is 9.67. The second kappa shape index (κ2) is 34.8. The van der Waals surface area contributed by atoms with Gasteiger partial charge in [-0.25, -0.2) is 0 Å². The number of amides is 7. The van der Waals surface area contributed by atoms with E-state index >= 15 is 0 Å². The number of benzene rings is 4. The second-order valence-corrected chi connectivity index (χ2v) is 20.7. The van der Waals surface area contributed by atoms with Crippen molar-refractivity contribution in [1.82, 2.24) is 16.0 Å². The second-order valence-electron chi connectivity index (χ2n) is 19.0. The maximum atomic E-state index is 14.3. The molecule has 0 unspecified atom stereocenters. The van der Waals surface area contributed by atoms with E-state index in [0.29, 0.717) is 98.0 Å². The third-order valence-electron chi connectivity index (χ3n) is 13.0. The largest absolute Gasteiger partial charge is 0.496 e. The summed E-state index contributed by atoms with van der Waals surface area (Å²) in [4.78, 5) is 97.8. The molecule has 4 atom stereocenters. The Morgan fingerprint density at radius 2 is 0.790 bits per heavy atom. The van der Waals surface area contributed by atoms with Crippen LogP contribution in [0.25, 0.3) is 0 Å². The number of hydrogen-bond acceptors (Lipinski definition) is 17. The number of primary amides is 1. The van der Waals surface area contributed by atoms with Crippen molar-refractivity contribution in [2.45, 2.75) is 111 Å². The summed E-state index contributed by atoms with van der Waals surface area (Å²) < 4.78 is 11.1. The average Bonchev–Trinajstić information content (AvgIpc) is 3.46. The monoisotopic (exact) mass is 1160 g/mol. The van der Waals surface area contributed by atoms with E-state index in [1.165, 1.54) is 68.1 Å². The molecule has 81 heavy (non-hydrogen) atoms. The quantitative estimate of drug-likeness (QED) is 0.0205. The van der Waals surface area contributed by atoms with Crippen molar-refractivity contribution >= 4 is 87.6 Å². The number of nitrogens with two attached hydrogens (primary N) is 6. The number of carbonyl (C=O) groups is 7. The molecule has 0 aliphatic rings. The zero-order valence-corrected chi connectivity index (χ0v) is 48.3. The van der Waals surface area contributed by atoms with Crippen molar-refractivity contribution in [3.8, 4) is 11.5 Å². The molecule has 4 aromatic carbocycles. The predicted octanol–water partition coefficient (Wildman–Crippen LogP) is 5.23. The first-order valence-electron chi connectivity index (χ1n) is 26.8. The minimum Gasteiger partial charge on any atom is -0.496 e. The predicted molar refractivity (Wildman–Crippen MR) is 323 cm³/mol. The molecule has 0 bridgehead atoms. The van der Waals surface area contributed by atoms with Gasteiger partial charge >= 0.3 is 0 Å². The van der Waals surface area contributed by atoms with Gasteiger partial charge in [0.2, 0.25) is 23.6 Å². The molecule has 0 aliphatic heterocycles. The lowest BCUT2D eigenvalue weighted by Crippen LogP contribution is -2.44. The SMILES string of the molecule is C=C(Nc1ccc(OC)c(C(=O)N[C@@H](CCCCN)C(=O)Nc2ccc(OC)c(C(=O)N[C@@H](CCCCN)C(=O)Nc3ccc(SC)c(C(=O)N[C@@H](CCCCN)C(=O)Nc4ccc(SC)c(C(N)=O)c4)c3)c2)c1)[C@@H](N)CCCCN. The van der Waals surface area contributed by atoms with Crippen molar-refractivity contribution in [3.05, 3.63) is 107 Å². The number of hydrogen-bond donors (Lipinski definition) is 13. The lowest BCUT2D eigenvalue weighted by molar-refractivity contribution is -0.118. The van der Waals surface area contributed by atoms with Gasteiger partial charge in [0.1, 0.15) is 29.6 Å². The van der Waals surface area contributed by atoms with E-state index in [1.807, 2.05) is 0 Å². The molecule has 0 saturated heterocycles. The van der Waals surface area contributed by atoms with Gasteiger partial charge in [0.15, 0.2) is 0 Å². The molecule has 0 radical (unpaired) electrons. The molecule has 22 nitrogen and oxygen atoms in total. The summed E-state index contributed by atoms with van der Waals surface area (Å²) >= 11 is 2.62. The first-order valence-corrected chi connectivity index (χ1v) is 29.3. The number of unbranched alkanes of at least 4 members (excludes halogenated alkanes) is 4. The van der Waals surface area contributed by atoms with Crippen molar-refractivity contribution in [1.29, 1.82) is 0 Å². The summed E-state index contributed by atoms with van der Waals surface area (Å²) in [5.41, 5.74) is 37.3. The Morgan fingerprint density at radius 1 is 0.469 bits per heavy atom. The van der Waals surface area contributed by atoms with Gasteiger partial charge in [0.25, 0.3) is 17.7 Å². The lowest BCUT2D eigenvalue weighted by atomic mass is 10.1. The number of rotatable bonds is 36. The highest BCUT2D eigenvalue weighted by molar-refractivity contribution is 7.99. The number of nitrogens with one attached hydrogen (secondary N) is 7. The molecule has 0 heterocycles. The lowest BCUT2D eigenvalue weighted by Gasteiger charge is -2.22. The van der Waals surface area contributed by atoms with E-state index < -0.39 is 59.5 Å². The van der Waals surface area contributed by atoms with Crippen LogP contribution in [0.3, 0.4) is 0 Å². The van der Waals surface area contributed by atoms with E-state index in [4.69, 9.17) is 43.9 Å². The first-order chi connectivity index (χ1) is 38.9. The van der Waals surface area contributed by atoms with Crippen molar-refractivity contribution < 1.29 is 43.0 Å². The number of anilines is 4. The van der Waals surface area contributed by atoms with E-state index in [9.17, 15) is 33.6 Å². The first kappa shape index (κ1) is 66.3. The van der Waals surface area contributed by atoms with Crippen LogP contribution in [0.15, 0.2) is 94.9 Å². The molecule has 440 valence electrons. The fraction of sp³-hybridized carbons (Fsp3) is 0.421. The molecule has 0 spiro atoms. The summed E-state index contributed by atoms with van der Waals surface area (Å²) in [6.07, 6.45) is 9.76. The maximum Gasteiger partial charge on any atom is 0.255 e.